The van der Waals surface area contributed by atoms with Gasteiger partial charge in [0.1, 0.15) is 0 Å². The topological polar surface area (TPSA) is 12.0 Å². The third-order valence-electron chi connectivity index (χ3n) is 6.52. The zero-order chi connectivity index (χ0) is 13.8. The monoisotopic (exact) mass is 257 g/mol. The molecule has 3 unspecified atom stereocenters. The van der Waals surface area contributed by atoms with E-state index in [-0.39, 0.29) is 0 Å². The fourth-order valence-electron chi connectivity index (χ4n) is 4.50. The molecule has 2 fully saturated rings. The van der Waals surface area contributed by atoms with Gasteiger partial charge in [-0.2, -0.15) is 0 Å². The summed E-state index contributed by atoms with van der Waals surface area (Å²) in [5, 5.41) is 3.88. The quantitative estimate of drug-likeness (QED) is 0.792. The number of hydrogen-bond donors (Lipinski definition) is 1. The Morgan fingerprint density at radius 3 is 2.47 bits per heavy atom. The fraction of sp³-hybridized carbons (Fsp3) is 0.667. The molecule has 1 heteroatoms. The van der Waals surface area contributed by atoms with Gasteiger partial charge in [0.15, 0.2) is 0 Å². The predicted octanol–water partition coefficient (Wildman–Crippen LogP) is 4.93. The van der Waals surface area contributed by atoms with E-state index in [0.717, 1.165) is 5.92 Å². The molecular formula is C18H27N. The van der Waals surface area contributed by atoms with Crippen molar-refractivity contribution in [3.05, 3.63) is 29.3 Å². The minimum atomic E-state index is 0.452. The summed E-state index contributed by atoms with van der Waals surface area (Å²) in [5.41, 5.74) is 5.00. The Bertz CT molecular complexity index is 502. The van der Waals surface area contributed by atoms with E-state index in [9.17, 15) is 0 Å². The van der Waals surface area contributed by atoms with E-state index in [1.807, 2.05) is 0 Å². The zero-order valence-electron chi connectivity index (χ0n) is 13.0. The second kappa shape index (κ2) is 4.01. The van der Waals surface area contributed by atoms with Gasteiger partial charge in [0, 0.05) is 11.7 Å². The summed E-state index contributed by atoms with van der Waals surface area (Å²) in [6.45, 7) is 11.9. The van der Waals surface area contributed by atoms with Crippen LogP contribution in [0, 0.1) is 30.6 Å². The number of hydrogen-bond acceptors (Lipinski definition) is 1. The summed E-state index contributed by atoms with van der Waals surface area (Å²) < 4.78 is 0. The van der Waals surface area contributed by atoms with Crippen LogP contribution < -0.4 is 5.32 Å². The van der Waals surface area contributed by atoms with Crippen LogP contribution in [-0.4, -0.2) is 6.04 Å². The largest absolute Gasteiger partial charge is 0.382 e. The molecule has 0 spiro atoms. The molecule has 2 aliphatic rings. The predicted molar refractivity (Wildman–Crippen MR) is 82.6 cm³/mol. The van der Waals surface area contributed by atoms with Gasteiger partial charge in [-0.3, -0.25) is 0 Å². The third kappa shape index (κ3) is 1.74. The van der Waals surface area contributed by atoms with Gasteiger partial charge >= 0.3 is 0 Å². The van der Waals surface area contributed by atoms with Crippen LogP contribution in [0.4, 0.5) is 5.69 Å². The molecule has 0 amide bonds. The van der Waals surface area contributed by atoms with Crippen molar-refractivity contribution in [2.24, 2.45) is 16.7 Å². The lowest BCUT2D eigenvalue weighted by molar-refractivity contribution is 0.142. The molecule has 2 aliphatic carbocycles. The van der Waals surface area contributed by atoms with Gasteiger partial charge in [0.2, 0.25) is 0 Å². The zero-order valence-corrected chi connectivity index (χ0v) is 13.0. The van der Waals surface area contributed by atoms with Crippen molar-refractivity contribution in [2.45, 2.75) is 59.9 Å². The molecule has 104 valence electrons. The van der Waals surface area contributed by atoms with E-state index in [1.54, 1.807) is 0 Å². The molecule has 0 heterocycles. The Morgan fingerprint density at radius 2 is 1.89 bits per heavy atom. The Hall–Kier alpha value is -0.980. The summed E-state index contributed by atoms with van der Waals surface area (Å²) in [7, 11) is 0. The lowest BCUT2D eigenvalue weighted by atomic mass is 9.69. The van der Waals surface area contributed by atoms with Gasteiger partial charge in [-0.15, -0.1) is 0 Å². The number of aryl methyl sites for hydroxylation is 2. The number of fused-ring (bicyclic) bond motifs is 2. The first-order chi connectivity index (χ1) is 8.84. The van der Waals surface area contributed by atoms with Crippen molar-refractivity contribution in [1.29, 1.82) is 0 Å². The fourth-order valence-corrected chi connectivity index (χ4v) is 4.50. The highest BCUT2D eigenvalue weighted by Gasteiger charge is 2.61. The van der Waals surface area contributed by atoms with E-state index in [0.29, 0.717) is 16.9 Å². The lowest BCUT2D eigenvalue weighted by Crippen LogP contribution is -2.40. The Labute approximate surface area is 117 Å². The van der Waals surface area contributed by atoms with Crippen LogP contribution >= 0.6 is 0 Å². The van der Waals surface area contributed by atoms with Crippen LogP contribution in [-0.2, 0) is 0 Å². The maximum Gasteiger partial charge on any atom is 0.0374 e. The Kier molecular flexibility index (Phi) is 2.75. The second-order valence-electron chi connectivity index (χ2n) is 7.63. The molecule has 1 aromatic carbocycles. The van der Waals surface area contributed by atoms with Crippen LogP contribution in [0.25, 0.3) is 0 Å². The molecule has 3 atom stereocenters. The van der Waals surface area contributed by atoms with Crippen LogP contribution in [0.1, 0.15) is 51.2 Å². The number of benzene rings is 1. The maximum atomic E-state index is 3.88. The van der Waals surface area contributed by atoms with E-state index in [4.69, 9.17) is 0 Å². The molecule has 1 N–H and O–H groups in total. The van der Waals surface area contributed by atoms with Crippen LogP contribution in [0.2, 0.25) is 0 Å². The second-order valence-corrected chi connectivity index (χ2v) is 7.63. The van der Waals surface area contributed by atoms with Crippen LogP contribution in [0.5, 0.6) is 0 Å². The highest BCUT2D eigenvalue weighted by Crippen LogP contribution is 2.65. The molecule has 1 aromatic rings. The summed E-state index contributed by atoms with van der Waals surface area (Å²) in [6, 6.07) is 7.38. The smallest absolute Gasteiger partial charge is 0.0374 e. The standard InChI is InChI=1S/C18H27N/c1-12-6-7-13(2)15(10-12)19-16-11-14-8-9-18(16,5)17(14,3)4/h6-7,10,14,16,19H,8-9,11H2,1-5H3. The van der Waals surface area contributed by atoms with E-state index in [2.05, 4.69) is 58.1 Å². The first kappa shape index (κ1) is 13.0. The summed E-state index contributed by atoms with van der Waals surface area (Å²) in [5.74, 6) is 0.903. The van der Waals surface area contributed by atoms with Crippen molar-refractivity contribution in [2.75, 3.05) is 5.32 Å². The third-order valence-corrected chi connectivity index (χ3v) is 6.52. The maximum absolute atomic E-state index is 3.88. The highest BCUT2D eigenvalue weighted by atomic mass is 15.0. The normalized spacial score (nSPS) is 35.6. The SMILES string of the molecule is Cc1ccc(C)c(NC2CC3CCC2(C)C3(C)C)c1. The molecule has 0 aromatic heterocycles. The van der Waals surface area contributed by atoms with Gasteiger partial charge in [-0.05, 0) is 67.1 Å². The van der Waals surface area contributed by atoms with Gasteiger partial charge in [-0.1, -0.05) is 32.9 Å². The van der Waals surface area contributed by atoms with Crippen LogP contribution in [0.15, 0.2) is 18.2 Å². The number of rotatable bonds is 2. The average molecular weight is 257 g/mol. The number of anilines is 1. The Balaban J connectivity index is 1.88. The lowest BCUT2D eigenvalue weighted by Gasteiger charge is -2.40. The van der Waals surface area contributed by atoms with Gasteiger partial charge in [0.05, 0.1) is 0 Å². The molecule has 3 rings (SSSR count). The molecule has 0 saturated heterocycles. The van der Waals surface area contributed by atoms with Crippen LogP contribution in [0.3, 0.4) is 0 Å². The van der Waals surface area contributed by atoms with Crippen molar-refractivity contribution in [3.8, 4) is 0 Å². The van der Waals surface area contributed by atoms with Gasteiger partial charge in [-0.25, -0.2) is 0 Å². The van der Waals surface area contributed by atoms with Gasteiger partial charge in [0.25, 0.3) is 0 Å². The van der Waals surface area contributed by atoms with E-state index in [1.165, 1.54) is 36.1 Å². The average Bonchev–Trinajstić information content (AvgIpc) is 2.67. The van der Waals surface area contributed by atoms with Gasteiger partial charge < -0.3 is 5.32 Å². The Morgan fingerprint density at radius 1 is 1.16 bits per heavy atom. The molecule has 0 radical (unpaired) electrons. The van der Waals surface area contributed by atoms with Crippen molar-refractivity contribution < 1.29 is 0 Å². The summed E-state index contributed by atoms with van der Waals surface area (Å²) >= 11 is 0. The van der Waals surface area contributed by atoms with Crippen molar-refractivity contribution in [3.63, 3.8) is 0 Å². The first-order valence-electron chi connectivity index (χ1n) is 7.68. The minimum Gasteiger partial charge on any atom is -0.382 e. The minimum absolute atomic E-state index is 0.452. The van der Waals surface area contributed by atoms with Crippen molar-refractivity contribution >= 4 is 5.69 Å². The van der Waals surface area contributed by atoms with E-state index < -0.39 is 0 Å². The molecule has 1 nitrogen and oxygen atoms in total. The molecule has 2 bridgehead atoms. The summed E-state index contributed by atoms with van der Waals surface area (Å²) in [6.07, 6.45) is 4.15. The molecular weight excluding hydrogens is 230 g/mol. The summed E-state index contributed by atoms with van der Waals surface area (Å²) in [4.78, 5) is 0. The molecule has 0 aliphatic heterocycles. The number of nitrogens with one attached hydrogen (secondary N) is 1. The highest BCUT2D eigenvalue weighted by molar-refractivity contribution is 5.54. The van der Waals surface area contributed by atoms with Crippen molar-refractivity contribution in [1.82, 2.24) is 0 Å². The molecule has 19 heavy (non-hydrogen) atoms. The van der Waals surface area contributed by atoms with E-state index >= 15 is 0 Å². The molecule has 2 saturated carbocycles. The first-order valence-corrected chi connectivity index (χ1v) is 7.68.